The van der Waals surface area contributed by atoms with Crippen LogP contribution in [0.15, 0.2) is 56.8 Å². The van der Waals surface area contributed by atoms with Crippen LogP contribution in [-0.4, -0.2) is 14.9 Å². The van der Waals surface area contributed by atoms with Crippen molar-refractivity contribution in [1.82, 2.24) is 14.9 Å². The third-order valence-electron chi connectivity index (χ3n) is 4.64. The minimum atomic E-state index is -0.368. The van der Waals surface area contributed by atoms with E-state index >= 15 is 0 Å². The molecule has 0 aliphatic rings. The number of halogens is 1. The first-order valence-electron chi connectivity index (χ1n) is 8.56. The Bertz CT molecular complexity index is 1230. The highest BCUT2D eigenvalue weighted by atomic mass is 35.5. The summed E-state index contributed by atoms with van der Waals surface area (Å²) in [6, 6.07) is 12.7. The van der Waals surface area contributed by atoms with Crippen molar-refractivity contribution in [2.45, 2.75) is 24.8 Å². The van der Waals surface area contributed by atoms with Crippen LogP contribution in [0.25, 0.3) is 22.4 Å². The molecule has 0 spiro atoms. The zero-order valence-electron chi connectivity index (χ0n) is 15.3. The van der Waals surface area contributed by atoms with Crippen LogP contribution in [-0.2, 0) is 5.75 Å². The molecule has 4 aromatic rings. The van der Waals surface area contributed by atoms with Gasteiger partial charge in [-0.05, 0) is 54.8 Å². The molecule has 0 atom stereocenters. The monoisotopic (exact) mass is 412 g/mol. The average Bonchev–Trinajstić information content (AvgIpc) is 3.04. The van der Waals surface area contributed by atoms with E-state index in [4.69, 9.17) is 21.9 Å². The molecular weight excluding hydrogens is 396 g/mol. The van der Waals surface area contributed by atoms with Crippen LogP contribution in [0.4, 0.5) is 0 Å². The Morgan fingerprint density at radius 3 is 2.64 bits per heavy atom. The first-order chi connectivity index (χ1) is 13.4. The van der Waals surface area contributed by atoms with Gasteiger partial charge in [-0.2, -0.15) is 0 Å². The molecule has 0 aliphatic heterocycles. The number of aromatic nitrogens is 3. The molecule has 0 unspecified atom stereocenters. The van der Waals surface area contributed by atoms with E-state index in [0.717, 1.165) is 27.6 Å². The largest absolute Gasteiger partial charge is 0.422 e. The van der Waals surface area contributed by atoms with Gasteiger partial charge in [0.05, 0.1) is 0 Å². The fourth-order valence-electron chi connectivity index (χ4n) is 2.96. The Balaban J connectivity index is 1.65. The molecule has 6 nitrogen and oxygen atoms in total. The van der Waals surface area contributed by atoms with Gasteiger partial charge in [-0.3, -0.25) is 0 Å². The van der Waals surface area contributed by atoms with Crippen molar-refractivity contribution in [3.8, 4) is 11.4 Å². The lowest BCUT2D eigenvalue weighted by atomic mass is 10.0. The smallest absolute Gasteiger partial charge is 0.336 e. The zero-order valence-corrected chi connectivity index (χ0v) is 16.8. The molecule has 28 heavy (non-hydrogen) atoms. The van der Waals surface area contributed by atoms with Crippen molar-refractivity contribution < 1.29 is 4.42 Å². The molecule has 2 N–H and O–H groups in total. The van der Waals surface area contributed by atoms with E-state index in [1.54, 1.807) is 12.1 Å². The second kappa shape index (κ2) is 7.33. The summed E-state index contributed by atoms with van der Waals surface area (Å²) < 4.78 is 6.87. The van der Waals surface area contributed by atoms with Gasteiger partial charge in [0.25, 0.3) is 0 Å². The number of benzene rings is 2. The second-order valence-electron chi connectivity index (χ2n) is 6.45. The van der Waals surface area contributed by atoms with Crippen molar-refractivity contribution in [1.29, 1.82) is 0 Å². The van der Waals surface area contributed by atoms with Gasteiger partial charge in [0.15, 0.2) is 5.82 Å². The molecule has 2 heterocycles. The number of rotatable bonds is 4. The predicted octanol–water partition coefficient (Wildman–Crippen LogP) is 4.33. The third kappa shape index (κ3) is 3.39. The van der Waals surface area contributed by atoms with E-state index in [-0.39, 0.29) is 5.63 Å². The molecule has 0 bridgehead atoms. The van der Waals surface area contributed by atoms with Gasteiger partial charge in [-0.25, -0.2) is 9.47 Å². The Labute approximate surface area is 170 Å². The van der Waals surface area contributed by atoms with Gasteiger partial charge in [-0.1, -0.05) is 35.5 Å². The molecule has 0 saturated heterocycles. The fourth-order valence-corrected chi connectivity index (χ4v) is 3.93. The lowest BCUT2D eigenvalue weighted by Gasteiger charge is -2.09. The van der Waals surface area contributed by atoms with E-state index in [1.165, 1.54) is 22.5 Å². The van der Waals surface area contributed by atoms with E-state index in [9.17, 15) is 4.79 Å². The standard InChI is InChI=1S/C20H17ClN4O2S/c1-11-3-8-16-14(9-17(26)27-18(16)12(11)2)10-28-20-24-23-19(25(20)22)13-4-6-15(21)7-5-13/h3-9H,10,22H2,1-2H3. The normalized spacial score (nSPS) is 11.2. The maximum atomic E-state index is 12.0. The Kier molecular flexibility index (Phi) is 4.87. The van der Waals surface area contributed by atoms with Crippen molar-refractivity contribution in [2.75, 3.05) is 5.84 Å². The lowest BCUT2D eigenvalue weighted by molar-refractivity contribution is 0.557. The van der Waals surface area contributed by atoms with E-state index in [0.29, 0.717) is 27.3 Å². The number of nitrogens with two attached hydrogens (primary N) is 1. The summed E-state index contributed by atoms with van der Waals surface area (Å²) in [5, 5.41) is 10.5. The maximum Gasteiger partial charge on any atom is 0.336 e. The molecule has 0 saturated carbocycles. The molecule has 0 aliphatic carbocycles. The summed E-state index contributed by atoms with van der Waals surface area (Å²) in [4.78, 5) is 12.0. The summed E-state index contributed by atoms with van der Waals surface area (Å²) in [5.74, 6) is 7.24. The maximum absolute atomic E-state index is 12.0. The highest BCUT2D eigenvalue weighted by molar-refractivity contribution is 7.98. The third-order valence-corrected chi connectivity index (χ3v) is 5.89. The molecule has 2 aromatic carbocycles. The second-order valence-corrected chi connectivity index (χ2v) is 7.83. The average molecular weight is 413 g/mol. The van der Waals surface area contributed by atoms with Crippen LogP contribution in [0.2, 0.25) is 5.02 Å². The van der Waals surface area contributed by atoms with Crippen molar-refractivity contribution in [3.63, 3.8) is 0 Å². The zero-order chi connectivity index (χ0) is 19.8. The topological polar surface area (TPSA) is 86.9 Å². The summed E-state index contributed by atoms with van der Waals surface area (Å²) in [6.07, 6.45) is 0. The molecule has 4 rings (SSSR count). The van der Waals surface area contributed by atoms with Gasteiger partial charge < -0.3 is 10.3 Å². The van der Waals surface area contributed by atoms with E-state index in [1.807, 2.05) is 38.1 Å². The van der Waals surface area contributed by atoms with Gasteiger partial charge >= 0.3 is 5.63 Å². The Morgan fingerprint density at radius 1 is 1.14 bits per heavy atom. The van der Waals surface area contributed by atoms with Gasteiger partial charge in [0.2, 0.25) is 5.16 Å². The molecule has 0 amide bonds. The summed E-state index contributed by atoms with van der Waals surface area (Å²) in [7, 11) is 0. The number of thioether (sulfide) groups is 1. The van der Waals surface area contributed by atoms with Crippen LogP contribution in [0, 0.1) is 13.8 Å². The van der Waals surface area contributed by atoms with Crippen LogP contribution in [0.3, 0.4) is 0 Å². The minimum absolute atomic E-state index is 0.368. The highest BCUT2D eigenvalue weighted by Crippen LogP contribution is 2.29. The molecule has 0 radical (unpaired) electrons. The summed E-state index contributed by atoms with van der Waals surface area (Å²) in [5.41, 5.74) is 3.99. The van der Waals surface area contributed by atoms with Crippen molar-refractivity contribution in [2.24, 2.45) is 0 Å². The van der Waals surface area contributed by atoms with Gasteiger partial charge in [-0.15, -0.1) is 10.2 Å². The number of aryl methyl sites for hydroxylation is 2. The quantitative estimate of drug-likeness (QED) is 0.305. The van der Waals surface area contributed by atoms with Gasteiger partial charge in [0, 0.05) is 27.8 Å². The highest BCUT2D eigenvalue weighted by Gasteiger charge is 2.14. The Morgan fingerprint density at radius 2 is 1.89 bits per heavy atom. The fraction of sp³-hybridized carbons (Fsp3) is 0.150. The summed E-state index contributed by atoms with van der Waals surface area (Å²) >= 11 is 7.34. The van der Waals surface area contributed by atoms with Gasteiger partial charge in [0.1, 0.15) is 5.58 Å². The minimum Gasteiger partial charge on any atom is -0.422 e. The number of hydrogen-bond acceptors (Lipinski definition) is 6. The van der Waals surface area contributed by atoms with Crippen molar-refractivity contribution >= 4 is 34.3 Å². The number of nitrogen functional groups attached to an aromatic ring is 1. The first kappa shape index (κ1) is 18.6. The molecule has 8 heteroatoms. The molecule has 0 fully saturated rings. The van der Waals surface area contributed by atoms with Crippen LogP contribution in [0.5, 0.6) is 0 Å². The number of nitrogens with zero attached hydrogens (tertiary/aromatic N) is 3. The van der Waals surface area contributed by atoms with Crippen LogP contribution >= 0.6 is 23.4 Å². The van der Waals surface area contributed by atoms with E-state index < -0.39 is 0 Å². The Hall–Kier alpha value is -2.77. The van der Waals surface area contributed by atoms with Crippen LogP contribution in [0.1, 0.15) is 16.7 Å². The first-order valence-corrected chi connectivity index (χ1v) is 9.92. The van der Waals surface area contributed by atoms with Crippen molar-refractivity contribution in [3.05, 3.63) is 74.6 Å². The SMILES string of the molecule is Cc1ccc2c(CSc3nnc(-c4ccc(Cl)cc4)n3N)cc(=O)oc2c1C. The molecular formula is C20H17ClN4O2S. The number of hydrogen-bond donors (Lipinski definition) is 1. The van der Waals surface area contributed by atoms with Crippen LogP contribution < -0.4 is 11.5 Å². The number of fused-ring (bicyclic) bond motifs is 1. The predicted molar refractivity (Wildman–Crippen MR) is 112 cm³/mol. The molecule has 142 valence electrons. The van der Waals surface area contributed by atoms with E-state index in [2.05, 4.69) is 10.2 Å². The molecule has 2 aromatic heterocycles. The summed E-state index contributed by atoms with van der Waals surface area (Å²) in [6.45, 7) is 3.94. The lowest BCUT2D eigenvalue weighted by Crippen LogP contribution is -2.11.